The monoisotopic (exact) mass is 530 g/mol. The summed E-state index contributed by atoms with van der Waals surface area (Å²) in [5.74, 6) is -3.85. The van der Waals surface area contributed by atoms with Crippen LogP contribution in [-0.2, 0) is 32.8 Å². The van der Waals surface area contributed by atoms with Crippen molar-refractivity contribution in [1.29, 1.82) is 0 Å². The van der Waals surface area contributed by atoms with Gasteiger partial charge in [0, 0.05) is 25.7 Å². The minimum Gasteiger partial charge on any atom is -0.341 e. The van der Waals surface area contributed by atoms with Crippen molar-refractivity contribution < 1.29 is 32.2 Å². The molecule has 3 amide bonds. The summed E-state index contributed by atoms with van der Waals surface area (Å²) in [5.41, 5.74) is 2.44. The van der Waals surface area contributed by atoms with Crippen LogP contribution < -0.4 is 10.6 Å². The second-order valence-electron chi connectivity index (χ2n) is 10.4. The van der Waals surface area contributed by atoms with Crippen molar-refractivity contribution >= 4 is 17.6 Å². The lowest BCUT2D eigenvalue weighted by atomic mass is 9.93. The van der Waals surface area contributed by atoms with Crippen LogP contribution >= 0.6 is 0 Å². The first kappa shape index (κ1) is 25.1. The van der Waals surface area contributed by atoms with Crippen molar-refractivity contribution in [2.45, 2.75) is 68.9 Å². The lowest BCUT2D eigenvalue weighted by Crippen LogP contribution is -2.59. The van der Waals surface area contributed by atoms with Crippen molar-refractivity contribution in [3.63, 3.8) is 0 Å². The molecule has 1 spiro atoms. The van der Waals surface area contributed by atoms with Gasteiger partial charge in [0.2, 0.25) is 12.3 Å². The normalized spacial score (nSPS) is 28.7. The molecule has 3 unspecified atom stereocenters. The molecular weight excluding hydrogens is 501 g/mol. The molecule has 7 rings (SSSR count). The summed E-state index contributed by atoms with van der Waals surface area (Å²) in [6, 6.07) is 9.62. The van der Waals surface area contributed by atoms with Gasteiger partial charge < -0.3 is 25.0 Å². The van der Waals surface area contributed by atoms with E-state index in [0.717, 1.165) is 11.1 Å². The van der Waals surface area contributed by atoms with Gasteiger partial charge in [0.25, 0.3) is 5.92 Å². The highest BCUT2D eigenvalue weighted by Gasteiger charge is 2.66. The van der Waals surface area contributed by atoms with Crippen LogP contribution in [0.1, 0.15) is 42.4 Å². The smallest absolute Gasteiger partial charge is 0.318 e. The van der Waals surface area contributed by atoms with Crippen molar-refractivity contribution in [1.82, 2.24) is 15.1 Å². The zero-order valence-corrected chi connectivity index (χ0v) is 20.9. The van der Waals surface area contributed by atoms with Crippen LogP contribution in [0.2, 0.25) is 0 Å². The molecule has 3 heterocycles. The highest BCUT2D eigenvalue weighted by atomic mass is 19.3. The minimum atomic E-state index is -2.98. The zero-order valence-electron chi connectivity index (χ0n) is 20.9. The van der Waals surface area contributed by atoms with E-state index in [1.54, 1.807) is 18.0 Å². The number of fused-ring (bicyclic) bond motifs is 1. The van der Waals surface area contributed by atoms with E-state index >= 15 is 0 Å². The van der Waals surface area contributed by atoms with E-state index in [1.165, 1.54) is 29.2 Å². The third-order valence-corrected chi connectivity index (χ3v) is 8.09. The lowest BCUT2D eigenvalue weighted by Gasteiger charge is -2.41. The fourth-order valence-electron chi connectivity index (χ4n) is 6.20. The summed E-state index contributed by atoms with van der Waals surface area (Å²) in [4.78, 5) is 28.3. The van der Waals surface area contributed by atoms with Gasteiger partial charge in [-0.3, -0.25) is 4.79 Å². The summed E-state index contributed by atoms with van der Waals surface area (Å²) in [5, 5.41) is 5.28. The van der Waals surface area contributed by atoms with Crippen molar-refractivity contribution in [3.8, 4) is 0 Å². The molecule has 2 aliphatic carbocycles. The number of urea groups is 1. The Bertz CT molecular complexity index is 1260. The summed E-state index contributed by atoms with van der Waals surface area (Å²) >= 11 is 0. The van der Waals surface area contributed by atoms with Gasteiger partial charge in [-0.2, -0.15) is 0 Å². The number of nitrogens with zero attached hydrogens (tertiary/aromatic N) is 2. The number of amides is 3. The fraction of sp³-hybridized carbons (Fsp3) is 0.481. The Morgan fingerprint density at radius 3 is 2.66 bits per heavy atom. The van der Waals surface area contributed by atoms with E-state index in [1.807, 2.05) is 12.1 Å². The molecule has 2 N–H and O–H groups in total. The number of carbonyl (C=O) groups is 2. The van der Waals surface area contributed by atoms with E-state index < -0.39 is 41.9 Å². The highest BCUT2D eigenvalue weighted by molar-refractivity contribution is 5.89. The van der Waals surface area contributed by atoms with Gasteiger partial charge in [-0.05, 0) is 66.6 Å². The Morgan fingerprint density at radius 2 is 1.95 bits per heavy atom. The second-order valence-corrected chi connectivity index (χ2v) is 10.4. The molecule has 1 saturated carbocycles. The molecule has 2 aromatic rings. The van der Waals surface area contributed by atoms with Crippen LogP contribution in [0.5, 0.6) is 0 Å². The topological polar surface area (TPSA) is 83.1 Å². The summed E-state index contributed by atoms with van der Waals surface area (Å²) in [6.45, 7) is -0.157. The second kappa shape index (κ2) is 9.25. The van der Waals surface area contributed by atoms with E-state index in [0.29, 0.717) is 30.5 Å². The van der Waals surface area contributed by atoms with Crippen LogP contribution in [0.15, 0.2) is 42.5 Å². The Labute approximate surface area is 218 Å². The molecule has 5 aliphatic rings. The van der Waals surface area contributed by atoms with Crippen LogP contribution in [0.4, 0.5) is 23.7 Å². The number of hydrogen-bond donors (Lipinski definition) is 2. The number of ether oxygens (including phenoxy) is 2. The van der Waals surface area contributed by atoms with Crippen LogP contribution in [0, 0.1) is 5.82 Å². The van der Waals surface area contributed by atoms with E-state index in [9.17, 15) is 22.8 Å². The predicted molar refractivity (Wildman–Crippen MR) is 131 cm³/mol. The molecule has 8 nitrogen and oxygen atoms in total. The van der Waals surface area contributed by atoms with E-state index in [2.05, 4.69) is 10.6 Å². The van der Waals surface area contributed by atoms with E-state index in [4.69, 9.17) is 9.47 Å². The maximum Gasteiger partial charge on any atom is 0.318 e. The van der Waals surface area contributed by atoms with Gasteiger partial charge in [0.15, 0.2) is 6.23 Å². The lowest BCUT2D eigenvalue weighted by molar-refractivity contribution is -0.285. The number of nitrogens with one attached hydrogen (secondary N) is 2. The average molecular weight is 531 g/mol. The number of alkyl halides is 2. The molecule has 0 radical (unpaired) electrons. The Hall–Kier alpha value is -3.15. The minimum absolute atomic E-state index is 0.0284. The number of aryl methyl sites for hydroxylation is 1. The highest BCUT2D eigenvalue weighted by Crippen LogP contribution is 2.56. The molecular formula is C27H29F3N4O4. The first-order valence-corrected chi connectivity index (χ1v) is 12.8. The first-order chi connectivity index (χ1) is 18.2. The van der Waals surface area contributed by atoms with Crippen LogP contribution in [0.25, 0.3) is 0 Å². The van der Waals surface area contributed by atoms with Crippen molar-refractivity contribution in [2.75, 3.05) is 18.9 Å². The summed E-state index contributed by atoms with van der Waals surface area (Å²) in [7, 11) is 1.54. The molecule has 2 bridgehead atoms. The molecule has 11 heteroatoms. The van der Waals surface area contributed by atoms with Gasteiger partial charge in [0.05, 0.1) is 12.6 Å². The zero-order chi connectivity index (χ0) is 26.7. The van der Waals surface area contributed by atoms with Crippen LogP contribution in [-0.4, -0.2) is 59.9 Å². The molecule has 2 aromatic carbocycles. The number of benzene rings is 2. The largest absolute Gasteiger partial charge is 0.341 e. The van der Waals surface area contributed by atoms with Gasteiger partial charge in [-0.25, -0.2) is 22.9 Å². The molecule has 3 aliphatic heterocycles. The molecule has 4 fully saturated rings. The van der Waals surface area contributed by atoms with E-state index in [-0.39, 0.29) is 32.0 Å². The molecule has 38 heavy (non-hydrogen) atoms. The number of carbonyl (C=O) groups excluding carboxylic acids is 2. The molecule has 0 aromatic heterocycles. The van der Waals surface area contributed by atoms with Crippen molar-refractivity contribution in [2.24, 2.45) is 0 Å². The third-order valence-electron chi connectivity index (χ3n) is 8.09. The quantitative estimate of drug-likeness (QED) is 0.592. The van der Waals surface area contributed by atoms with Crippen LogP contribution in [0.3, 0.4) is 0 Å². The maximum absolute atomic E-state index is 14.8. The number of rotatable bonds is 6. The maximum atomic E-state index is 14.8. The molecule has 202 valence electrons. The average Bonchev–Trinajstić information content (AvgIpc) is 3.63. The molecule has 3 saturated heterocycles. The summed E-state index contributed by atoms with van der Waals surface area (Å²) < 4.78 is 55.2. The SMILES string of the molecule is CNC(=O)Nc1ccc2c(c1)CC[C@@]21OC2OC1N2CC(=O)N(Cc1ccc(F)cc1)C1CCCC1(F)F. The number of anilines is 1. The first-order valence-electron chi connectivity index (χ1n) is 12.8. The number of halogens is 3. The van der Waals surface area contributed by atoms with Gasteiger partial charge in [0.1, 0.15) is 11.4 Å². The van der Waals surface area contributed by atoms with Gasteiger partial charge >= 0.3 is 6.03 Å². The summed E-state index contributed by atoms with van der Waals surface area (Å²) in [6.07, 6.45) is 0.368. The molecule has 4 atom stereocenters. The fourth-order valence-corrected chi connectivity index (χ4v) is 6.20. The third kappa shape index (κ3) is 4.13. The van der Waals surface area contributed by atoms with Gasteiger partial charge in [-0.1, -0.05) is 18.2 Å². The predicted octanol–water partition coefficient (Wildman–Crippen LogP) is 3.91. The van der Waals surface area contributed by atoms with Crippen molar-refractivity contribution in [3.05, 3.63) is 65.0 Å². The Kier molecular flexibility index (Phi) is 6.12. The standard InChI is InChI=1S/C27H29F3N4O4/c1-31-24(36)32-19-8-9-20-17(13-19)10-12-26(20)23-34(25(37-23)38-26)15-22(35)33(21-3-2-11-27(21,29)30)14-16-4-6-18(28)7-5-16/h4-9,13,21,23,25H,2-3,10-12,14-15H2,1H3,(H2,31,32,36)/t21?,23?,25?,26-/m1/s1. The van der Waals surface area contributed by atoms with Gasteiger partial charge in [-0.15, -0.1) is 0 Å². The number of hydrogen-bond acceptors (Lipinski definition) is 5. The Morgan fingerprint density at radius 1 is 1.16 bits per heavy atom. The Balaban J connectivity index is 1.20.